The van der Waals surface area contributed by atoms with Gasteiger partial charge in [-0.25, -0.2) is 10.2 Å². The van der Waals surface area contributed by atoms with Gasteiger partial charge in [0, 0.05) is 28.0 Å². The fourth-order valence-corrected chi connectivity index (χ4v) is 3.93. The number of carbonyl (C=O) groups excluding carboxylic acids is 1. The van der Waals surface area contributed by atoms with Gasteiger partial charge in [-0.15, -0.1) is 0 Å². The zero-order chi connectivity index (χ0) is 24.2. The summed E-state index contributed by atoms with van der Waals surface area (Å²) in [6.07, 6.45) is 3.44. The van der Waals surface area contributed by atoms with Crippen molar-refractivity contribution in [1.29, 1.82) is 0 Å². The van der Waals surface area contributed by atoms with Crippen molar-refractivity contribution in [2.24, 2.45) is 5.10 Å². The van der Waals surface area contributed by atoms with E-state index in [9.17, 15) is 9.59 Å². The molecule has 0 unspecified atom stereocenters. The Hall–Kier alpha value is -4.85. The first kappa shape index (κ1) is 22.0. The van der Waals surface area contributed by atoms with Gasteiger partial charge in [0.05, 0.1) is 12.8 Å². The molecule has 35 heavy (non-hydrogen) atoms. The van der Waals surface area contributed by atoms with Crippen LogP contribution in [0.5, 0.6) is 5.75 Å². The van der Waals surface area contributed by atoms with Crippen LogP contribution in [0.15, 0.2) is 94.6 Å². The Morgan fingerprint density at radius 3 is 2.57 bits per heavy atom. The van der Waals surface area contributed by atoms with Gasteiger partial charge in [-0.2, -0.15) is 5.10 Å². The Morgan fingerprint density at radius 2 is 1.74 bits per heavy atom. The van der Waals surface area contributed by atoms with Gasteiger partial charge in [-0.1, -0.05) is 54.6 Å². The van der Waals surface area contributed by atoms with E-state index in [1.54, 1.807) is 12.3 Å². The first-order chi connectivity index (χ1) is 17.1. The lowest BCUT2D eigenvalue weighted by atomic mass is 10.1. The number of fused-ring (bicyclic) bond motifs is 2. The van der Waals surface area contributed by atoms with Crippen molar-refractivity contribution in [2.45, 2.75) is 6.54 Å². The number of furan rings is 1. The molecule has 0 fully saturated rings. The van der Waals surface area contributed by atoms with Gasteiger partial charge in [-0.3, -0.25) is 4.79 Å². The van der Waals surface area contributed by atoms with Crippen LogP contribution >= 0.6 is 0 Å². The number of hydrogen-bond acceptors (Lipinski definition) is 5. The number of carboxylic acid groups (broad SMARTS) is 1. The molecule has 0 spiro atoms. The molecular weight excluding hydrogens is 446 g/mol. The van der Waals surface area contributed by atoms with Gasteiger partial charge >= 0.3 is 5.97 Å². The van der Waals surface area contributed by atoms with E-state index in [1.165, 1.54) is 6.07 Å². The van der Waals surface area contributed by atoms with E-state index < -0.39 is 5.97 Å². The molecule has 8 nitrogen and oxygen atoms in total. The molecule has 5 rings (SSSR count). The lowest BCUT2D eigenvalue weighted by molar-refractivity contribution is -0.123. The number of benzene rings is 3. The molecule has 0 atom stereocenters. The number of para-hydroxylation sites is 1. The molecule has 0 saturated heterocycles. The lowest BCUT2D eigenvalue weighted by Crippen LogP contribution is -2.24. The number of nitrogens with one attached hydrogen (secondary N) is 1. The van der Waals surface area contributed by atoms with Gasteiger partial charge in [0.2, 0.25) is 5.76 Å². The molecule has 5 aromatic rings. The number of carbonyl (C=O) groups is 2. The Labute approximate surface area is 200 Å². The summed E-state index contributed by atoms with van der Waals surface area (Å²) < 4.78 is 13.0. The number of aromatic carboxylic acids is 1. The molecule has 0 aliphatic carbocycles. The number of rotatable bonds is 8. The highest BCUT2D eigenvalue weighted by molar-refractivity contribution is 5.99. The van der Waals surface area contributed by atoms with Gasteiger partial charge < -0.3 is 18.8 Å². The first-order valence-corrected chi connectivity index (χ1v) is 10.9. The van der Waals surface area contributed by atoms with Gasteiger partial charge in [0.1, 0.15) is 11.5 Å². The predicted molar refractivity (Wildman–Crippen MR) is 132 cm³/mol. The third-order valence-electron chi connectivity index (χ3n) is 5.52. The van der Waals surface area contributed by atoms with E-state index in [0.717, 1.165) is 27.2 Å². The number of amides is 1. The molecule has 1 amide bonds. The number of aromatic nitrogens is 1. The Kier molecular flexibility index (Phi) is 6.00. The maximum absolute atomic E-state index is 12.3. The Balaban J connectivity index is 1.26. The van der Waals surface area contributed by atoms with Gasteiger partial charge in [-0.05, 0) is 29.7 Å². The molecule has 0 aliphatic heterocycles. The highest BCUT2D eigenvalue weighted by Crippen LogP contribution is 2.25. The molecule has 0 saturated carbocycles. The van der Waals surface area contributed by atoms with Crippen LogP contribution < -0.4 is 10.2 Å². The molecular formula is C27H21N3O5. The van der Waals surface area contributed by atoms with Crippen molar-refractivity contribution in [3.05, 3.63) is 102 Å². The minimum absolute atomic E-state index is 0.105. The van der Waals surface area contributed by atoms with E-state index in [1.807, 2.05) is 77.5 Å². The Bertz CT molecular complexity index is 1560. The minimum atomic E-state index is -1.11. The van der Waals surface area contributed by atoms with Crippen LogP contribution in [0.4, 0.5) is 0 Å². The van der Waals surface area contributed by atoms with Crippen LogP contribution in [0.25, 0.3) is 21.7 Å². The molecule has 8 heteroatoms. The molecule has 3 aromatic carbocycles. The molecule has 2 heterocycles. The molecule has 0 aliphatic rings. The molecule has 2 aromatic heterocycles. The third-order valence-corrected chi connectivity index (χ3v) is 5.52. The topological polar surface area (TPSA) is 106 Å². The summed E-state index contributed by atoms with van der Waals surface area (Å²) in [5.74, 6) is -0.442. The second kappa shape index (κ2) is 9.56. The summed E-state index contributed by atoms with van der Waals surface area (Å²) in [7, 11) is 0. The van der Waals surface area contributed by atoms with Crippen LogP contribution in [0.2, 0.25) is 0 Å². The van der Waals surface area contributed by atoms with Crippen molar-refractivity contribution in [3.63, 3.8) is 0 Å². The molecule has 174 valence electrons. The predicted octanol–water partition coefficient (Wildman–Crippen LogP) is 4.66. The maximum Gasteiger partial charge on any atom is 0.371 e. The minimum Gasteiger partial charge on any atom is -0.483 e. The fraction of sp³-hybridized carbons (Fsp3) is 0.0741. The van der Waals surface area contributed by atoms with Crippen LogP contribution in [-0.2, 0) is 11.3 Å². The van der Waals surface area contributed by atoms with Crippen molar-refractivity contribution < 1.29 is 23.8 Å². The summed E-state index contributed by atoms with van der Waals surface area (Å²) in [6.45, 7) is 0.185. The monoisotopic (exact) mass is 467 g/mol. The van der Waals surface area contributed by atoms with Crippen molar-refractivity contribution in [3.8, 4) is 5.75 Å². The first-order valence-electron chi connectivity index (χ1n) is 10.9. The zero-order valence-corrected chi connectivity index (χ0v) is 18.5. The van der Waals surface area contributed by atoms with E-state index in [0.29, 0.717) is 18.1 Å². The summed E-state index contributed by atoms with van der Waals surface area (Å²) in [6, 6.07) is 24.3. The second-order valence-electron chi connectivity index (χ2n) is 7.86. The lowest BCUT2D eigenvalue weighted by Gasteiger charge is -2.08. The molecule has 2 N–H and O–H groups in total. The number of nitrogens with zero attached hydrogens (tertiary/aromatic N) is 2. The maximum atomic E-state index is 12.3. The van der Waals surface area contributed by atoms with Crippen molar-refractivity contribution in [1.82, 2.24) is 9.99 Å². The van der Waals surface area contributed by atoms with E-state index in [4.69, 9.17) is 14.3 Å². The highest BCUT2D eigenvalue weighted by atomic mass is 16.5. The third kappa shape index (κ3) is 4.77. The number of ether oxygens (including phenoxy) is 1. The van der Waals surface area contributed by atoms with Crippen LogP contribution in [0.3, 0.4) is 0 Å². The number of hydrogen-bond donors (Lipinski definition) is 2. The standard InChI is InChI=1S/C27H21N3O5/c31-26(17-34-24-11-5-7-18-6-1-2-9-22(18)24)29-28-14-19-15-30(23-10-4-3-8-21(19)23)16-20-12-13-25(35-20)27(32)33/h1-15H,16-17H2,(H,29,31)(H,32,33)/b28-14+. The van der Waals surface area contributed by atoms with Crippen molar-refractivity contribution in [2.75, 3.05) is 6.61 Å². The quantitative estimate of drug-likeness (QED) is 0.255. The number of hydrazone groups is 1. The summed E-state index contributed by atoms with van der Waals surface area (Å²) in [5, 5.41) is 16.1. The van der Waals surface area contributed by atoms with Gasteiger partial charge in [0.15, 0.2) is 6.61 Å². The smallest absolute Gasteiger partial charge is 0.371 e. The largest absolute Gasteiger partial charge is 0.483 e. The zero-order valence-electron chi connectivity index (χ0n) is 18.5. The normalized spacial score (nSPS) is 11.3. The fourth-order valence-electron chi connectivity index (χ4n) is 3.93. The average Bonchev–Trinajstić information content (AvgIpc) is 3.48. The highest BCUT2D eigenvalue weighted by Gasteiger charge is 2.12. The van der Waals surface area contributed by atoms with Gasteiger partial charge in [0.25, 0.3) is 5.91 Å². The summed E-state index contributed by atoms with van der Waals surface area (Å²) in [4.78, 5) is 23.4. The SMILES string of the molecule is O=C(COc1cccc2ccccc12)N/N=C/c1cn(Cc2ccc(C(=O)O)o2)c2ccccc12. The van der Waals surface area contributed by atoms with Crippen LogP contribution in [0, 0.1) is 0 Å². The second-order valence-corrected chi connectivity index (χ2v) is 7.86. The van der Waals surface area contributed by atoms with E-state index in [-0.39, 0.29) is 18.3 Å². The summed E-state index contributed by atoms with van der Waals surface area (Å²) in [5.41, 5.74) is 4.22. The average molecular weight is 467 g/mol. The summed E-state index contributed by atoms with van der Waals surface area (Å²) >= 11 is 0. The van der Waals surface area contributed by atoms with Crippen LogP contribution in [-0.4, -0.2) is 34.4 Å². The number of carboxylic acids is 1. The molecule has 0 radical (unpaired) electrons. The van der Waals surface area contributed by atoms with E-state index >= 15 is 0 Å². The van der Waals surface area contributed by atoms with Crippen LogP contribution in [0.1, 0.15) is 21.9 Å². The Morgan fingerprint density at radius 1 is 0.971 bits per heavy atom. The van der Waals surface area contributed by atoms with Crippen molar-refractivity contribution >= 4 is 39.8 Å². The van der Waals surface area contributed by atoms with E-state index in [2.05, 4.69) is 10.5 Å². The molecule has 0 bridgehead atoms.